The monoisotopic (exact) mass is 213 g/mol. The van der Waals surface area contributed by atoms with Crippen molar-refractivity contribution in [2.45, 2.75) is 25.5 Å². The van der Waals surface area contributed by atoms with Crippen molar-refractivity contribution < 1.29 is 24.0 Å². The van der Waals surface area contributed by atoms with Gasteiger partial charge in [0.2, 0.25) is 6.23 Å². The molecule has 6 heteroatoms. The van der Waals surface area contributed by atoms with E-state index in [4.69, 9.17) is 14.4 Å². The zero-order chi connectivity index (χ0) is 10.7. The molecular formula is C9H11NO5. The number of hydroxylamine groups is 2. The summed E-state index contributed by atoms with van der Waals surface area (Å²) >= 11 is 0. The number of ether oxygens (including phenoxy) is 1. The Morgan fingerprint density at radius 1 is 1.27 bits per heavy atom. The zero-order valence-electron chi connectivity index (χ0n) is 8.05. The molecule has 1 fully saturated rings. The predicted octanol–water partition coefficient (Wildman–Crippen LogP) is 0.301. The minimum absolute atomic E-state index is 0.00906. The van der Waals surface area contributed by atoms with E-state index in [1.54, 1.807) is 6.08 Å². The molecule has 0 aliphatic carbocycles. The Kier molecular flexibility index (Phi) is 2.98. The van der Waals surface area contributed by atoms with E-state index < -0.39 is 18.2 Å². The molecule has 1 saturated heterocycles. The van der Waals surface area contributed by atoms with E-state index in [0.29, 0.717) is 13.0 Å². The van der Waals surface area contributed by atoms with Gasteiger partial charge in [-0.1, -0.05) is 6.08 Å². The van der Waals surface area contributed by atoms with Crippen LogP contribution in [-0.2, 0) is 24.0 Å². The van der Waals surface area contributed by atoms with Crippen molar-refractivity contribution >= 4 is 11.9 Å². The van der Waals surface area contributed by atoms with Crippen molar-refractivity contribution in [1.29, 1.82) is 0 Å². The molecule has 82 valence electrons. The Balaban J connectivity index is 2.13. The van der Waals surface area contributed by atoms with E-state index in [1.165, 1.54) is 0 Å². The third kappa shape index (κ3) is 2.54. The lowest BCUT2D eigenvalue weighted by atomic mass is 10.3. The smallest absolute Gasteiger partial charge is 0.328 e. The number of carbonyl (C=O) groups is 2. The van der Waals surface area contributed by atoms with Crippen LogP contribution in [0, 0.1) is 0 Å². The molecule has 2 heterocycles. The molecule has 0 bridgehead atoms. The van der Waals surface area contributed by atoms with Gasteiger partial charge in [0.15, 0.2) is 0 Å². The van der Waals surface area contributed by atoms with Crippen LogP contribution in [0.4, 0.5) is 0 Å². The highest BCUT2D eigenvalue weighted by molar-refractivity contribution is 5.78. The van der Waals surface area contributed by atoms with Gasteiger partial charge in [0.1, 0.15) is 0 Å². The molecule has 15 heavy (non-hydrogen) atoms. The van der Waals surface area contributed by atoms with Crippen LogP contribution < -0.4 is 0 Å². The first kappa shape index (κ1) is 10.1. The molecule has 0 aromatic heterocycles. The van der Waals surface area contributed by atoms with E-state index in [9.17, 15) is 9.59 Å². The molecule has 0 N–H and O–H groups in total. The Morgan fingerprint density at radius 3 is 2.93 bits per heavy atom. The quantitative estimate of drug-likeness (QED) is 0.426. The van der Waals surface area contributed by atoms with E-state index >= 15 is 0 Å². The second-order valence-electron chi connectivity index (χ2n) is 3.18. The maximum absolute atomic E-state index is 11.2. The van der Waals surface area contributed by atoms with Crippen LogP contribution in [0.15, 0.2) is 12.2 Å². The lowest BCUT2D eigenvalue weighted by Gasteiger charge is -2.26. The first-order valence-electron chi connectivity index (χ1n) is 4.75. The van der Waals surface area contributed by atoms with Crippen molar-refractivity contribution in [3.05, 3.63) is 12.2 Å². The second-order valence-corrected chi connectivity index (χ2v) is 3.18. The Morgan fingerprint density at radius 2 is 2.07 bits per heavy atom. The molecule has 0 aromatic rings. The van der Waals surface area contributed by atoms with Crippen molar-refractivity contribution in [2.24, 2.45) is 0 Å². The maximum atomic E-state index is 11.2. The summed E-state index contributed by atoms with van der Waals surface area (Å²) in [6.45, 7) is 0.387. The Hall–Kier alpha value is -1.40. The maximum Gasteiger partial charge on any atom is 0.328 e. The number of nitrogens with zero attached hydrogens (tertiary/aromatic N) is 1. The standard InChI is InChI=1S/C9H11NO5/c11-8-4-5-9(12)15-10-7(14-8)3-1-2-6-13-10/h1,3,7H,2,4-6H2. The fourth-order valence-electron chi connectivity index (χ4n) is 1.27. The number of hydrogen-bond donors (Lipinski definition) is 0. The first-order chi connectivity index (χ1) is 7.25. The van der Waals surface area contributed by atoms with Crippen LogP contribution >= 0.6 is 0 Å². The lowest BCUT2D eigenvalue weighted by molar-refractivity contribution is -0.387. The van der Waals surface area contributed by atoms with Crippen LogP contribution in [0.2, 0.25) is 0 Å². The van der Waals surface area contributed by atoms with E-state index in [1.807, 2.05) is 6.08 Å². The van der Waals surface area contributed by atoms with Gasteiger partial charge in [0, 0.05) is 5.23 Å². The number of fused-ring (bicyclic) bond motifs is 1. The number of esters is 1. The molecule has 1 unspecified atom stereocenters. The van der Waals surface area contributed by atoms with Crippen molar-refractivity contribution in [1.82, 2.24) is 5.23 Å². The summed E-state index contributed by atoms with van der Waals surface area (Å²) in [7, 11) is 0. The van der Waals surface area contributed by atoms with Crippen LogP contribution in [-0.4, -0.2) is 30.0 Å². The van der Waals surface area contributed by atoms with Gasteiger partial charge in [-0.15, -0.1) is 0 Å². The fourth-order valence-corrected chi connectivity index (χ4v) is 1.27. The van der Waals surface area contributed by atoms with Crippen LogP contribution in [0.1, 0.15) is 19.3 Å². The number of hydrogen-bond acceptors (Lipinski definition) is 6. The molecule has 2 rings (SSSR count). The van der Waals surface area contributed by atoms with Gasteiger partial charge in [-0.25, -0.2) is 0 Å². The molecule has 0 aromatic carbocycles. The van der Waals surface area contributed by atoms with Gasteiger partial charge in [-0.3, -0.25) is 14.4 Å². The molecule has 2 aliphatic rings. The van der Waals surface area contributed by atoms with Crippen LogP contribution in [0.5, 0.6) is 0 Å². The van der Waals surface area contributed by atoms with Gasteiger partial charge in [0.05, 0.1) is 19.4 Å². The molecule has 0 amide bonds. The van der Waals surface area contributed by atoms with E-state index in [0.717, 1.165) is 5.23 Å². The minimum atomic E-state index is -0.774. The molecule has 0 saturated carbocycles. The highest BCUT2D eigenvalue weighted by atomic mass is 17.0. The van der Waals surface area contributed by atoms with Crippen LogP contribution in [0.25, 0.3) is 0 Å². The Labute approximate surface area is 86.3 Å². The normalized spacial score (nSPS) is 28.1. The summed E-state index contributed by atoms with van der Waals surface area (Å²) in [5, 5.41) is 0.933. The molecule has 1 atom stereocenters. The molecule has 0 radical (unpaired) electrons. The third-order valence-corrected chi connectivity index (χ3v) is 1.99. The predicted molar refractivity (Wildman–Crippen MR) is 46.8 cm³/mol. The molecular weight excluding hydrogens is 202 g/mol. The average molecular weight is 213 g/mol. The highest BCUT2D eigenvalue weighted by Gasteiger charge is 2.29. The highest BCUT2D eigenvalue weighted by Crippen LogP contribution is 2.15. The van der Waals surface area contributed by atoms with E-state index in [-0.39, 0.29) is 12.8 Å². The second kappa shape index (κ2) is 4.41. The molecule has 0 spiro atoms. The van der Waals surface area contributed by atoms with Crippen molar-refractivity contribution in [2.75, 3.05) is 6.61 Å². The lowest BCUT2D eigenvalue weighted by Crippen LogP contribution is -2.40. The van der Waals surface area contributed by atoms with Crippen LogP contribution in [0.3, 0.4) is 0 Å². The van der Waals surface area contributed by atoms with Crippen molar-refractivity contribution in [3.8, 4) is 0 Å². The van der Waals surface area contributed by atoms with Gasteiger partial charge >= 0.3 is 11.9 Å². The topological polar surface area (TPSA) is 65.1 Å². The summed E-state index contributed by atoms with van der Waals surface area (Å²) in [6, 6.07) is 0. The summed E-state index contributed by atoms with van der Waals surface area (Å²) in [5.74, 6) is -0.927. The summed E-state index contributed by atoms with van der Waals surface area (Å²) in [4.78, 5) is 32.4. The summed E-state index contributed by atoms with van der Waals surface area (Å²) in [6.07, 6.45) is 3.40. The largest absolute Gasteiger partial charge is 0.437 e. The zero-order valence-corrected chi connectivity index (χ0v) is 8.05. The van der Waals surface area contributed by atoms with Crippen molar-refractivity contribution in [3.63, 3.8) is 0 Å². The third-order valence-electron chi connectivity index (χ3n) is 1.99. The summed E-state index contributed by atoms with van der Waals surface area (Å²) in [5.41, 5.74) is 0. The van der Waals surface area contributed by atoms with Gasteiger partial charge in [-0.2, -0.15) is 0 Å². The number of rotatable bonds is 0. The Bertz CT molecular complexity index is 301. The van der Waals surface area contributed by atoms with E-state index in [2.05, 4.69) is 0 Å². The van der Waals surface area contributed by atoms with Gasteiger partial charge in [0.25, 0.3) is 0 Å². The molecule has 2 aliphatic heterocycles. The summed E-state index contributed by atoms with van der Waals surface area (Å²) < 4.78 is 5.02. The molecule has 6 nitrogen and oxygen atoms in total. The fraction of sp³-hybridized carbons (Fsp3) is 0.556. The average Bonchev–Trinajstić information content (AvgIpc) is 2.40. The minimum Gasteiger partial charge on any atom is -0.437 e. The SMILES string of the molecule is O=C1CCC(=O)ON2OCCC=CC2O1. The van der Waals surface area contributed by atoms with Gasteiger partial charge in [-0.05, 0) is 12.5 Å². The van der Waals surface area contributed by atoms with Gasteiger partial charge < -0.3 is 9.57 Å². The first-order valence-corrected chi connectivity index (χ1v) is 4.75. The number of carbonyl (C=O) groups excluding carboxylic acids is 2.